The summed E-state index contributed by atoms with van der Waals surface area (Å²) in [5.74, 6) is 0.400. The Kier molecular flexibility index (Phi) is 7.85. The molecule has 0 bridgehead atoms. The molecule has 0 aliphatic rings. The Morgan fingerprint density at radius 3 is 1.63 bits per heavy atom. The first-order valence-corrected chi connectivity index (χ1v) is 15.3. The zero-order valence-electron chi connectivity index (χ0n) is 21.0. The molecular weight excluding hydrogens is 464 g/mol. The third-order valence-corrected chi connectivity index (χ3v) is 12.9. The summed E-state index contributed by atoms with van der Waals surface area (Å²) >= 11 is 0. The fraction of sp³-hybridized carbons (Fsp3) is 0.226. The lowest BCUT2D eigenvalue weighted by Gasteiger charge is -2.45. The Balaban J connectivity index is 1.85. The van der Waals surface area contributed by atoms with Crippen molar-refractivity contribution in [2.24, 2.45) is 0 Å². The number of aryl methyl sites for hydroxylation is 1. The highest BCUT2D eigenvalue weighted by Gasteiger charge is 2.51. The molecule has 0 amide bonds. The maximum absolute atomic E-state index is 13.6. The van der Waals surface area contributed by atoms with Crippen molar-refractivity contribution >= 4 is 29.5 Å². The van der Waals surface area contributed by atoms with Crippen LogP contribution < -0.4 is 10.4 Å². The van der Waals surface area contributed by atoms with Gasteiger partial charge in [0.1, 0.15) is 0 Å². The molecular formula is C31H34O2SSi. The summed E-state index contributed by atoms with van der Waals surface area (Å²) in [7, 11) is -4.01. The zero-order valence-corrected chi connectivity index (χ0v) is 22.8. The van der Waals surface area contributed by atoms with Gasteiger partial charge in [-0.05, 0) is 40.0 Å². The van der Waals surface area contributed by atoms with Crippen LogP contribution in [0.25, 0.3) is 0 Å². The first-order valence-electron chi connectivity index (χ1n) is 12.1. The molecule has 0 aliphatic carbocycles. The van der Waals surface area contributed by atoms with Crippen LogP contribution in [-0.4, -0.2) is 18.3 Å². The molecule has 0 spiro atoms. The van der Waals surface area contributed by atoms with Crippen LogP contribution in [0.2, 0.25) is 5.04 Å². The SMILES string of the molecule is Cc1ccc(S(=O)C[C@@H](O[Si](c2ccccc2)(c2ccccc2)C(C)(C)C)c2ccccc2)cc1. The predicted octanol–water partition coefficient (Wildman–Crippen LogP) is 6.42. The summed E-state index contributed by atoms with van der Waals surface area (Å²) in [6, 6.07) is 39.5. The standard InChI is InChI=1S/C31H34O2SSi/c1-25-20-22-27(23-21-25)34(32)24-30(26-14-8-5-9-15-26)33-35(31(2,3)4,28-16-10-6-11-17-28)29-18-12-7-13-19-29/h5-23,30H,24H2,1-4H3/t30-,34?/m1/s1. The van der Waals surface area contributed by atoms with Gasteiger partial charge in [-0.15, -0.1) is 0 Å². The van der Waals surface area contributed by atoms with E-state index in [-0.39, 0.29) is 11.1 Å². The van der Waals surface area contributed by atoms with Gasteiger partial charge in [0.05, 0.1) is 22.7 Å². The van der Waals surface area contributed by atoms with E-state index in [2.05, 4.69) is 93.6 Å². The molecule has 4 rings (SSSR count). The molecule has 0 N–H and O–H groups in total. The van der Waals surface area contributed by atoms with Crippen molar-refractivity contribution in [2.45, 2.75) is 43.7 Å². The van der Waals surface area contributed by atoms with E-state index in [1.165, 1.54) is 10.4 Å². The normalized spacial score (nSPS) is 13.8. The highest BCUT2D eigenvalue weighted by molar-refractivity contribution is 7.85. The number of rotatable bonds is 8. The van der Waals surface area contributed by atoms with Gasteiger partial charge < -0.3 is 4.43 Å². The number of benzene rings is 4. The molecule has 4 aromatic rings. The smallest absolute Gasteiger partial charge is 0.261 e. The molecule has 4 heteroatoms. The van der Waals surface area contributed by atoms with Gasteiger partial charge in [-0.1, -0.05) is 129 Å². The van der Waals surface area contributed by atoms with E-state index in [1.807, 2.05) is 49.4 Å². The molecule has 35 heavy (non-hydrogen) atoms. The minimum Gasteiger partial charge on any atom is -0.400 e. The molecule has 0 radical (unpaired) electrons. The molecule has 2 nitrogen and oxygen atoms in total. The Morgan fingerprint density at radius 1 is 0.714 bits per heavy atom. The Morgan fingerprint density at radius 2 is 1.17 bits per heavy atom. The third kappa shape index (κ3) is 5.56. The van der Waals surface area contributed by atoms with E-state index >= 15 is 0 Å². The fourth-order valence-corrected chi connectivity index (χ4v) is 10.6. The summed E-state index contributed by atoms with van der Waals surface area (Å²) in [6.07, 6.45) is -0.315. The van der Waals surface area contributed by atoms with E-state index < -0.39 is 19.1 Å². The number of hydrogen-bond donors (Lipinski definition) is 0. The molecule has 180 valence electrons. The summed E-state index contributed by atoms with van der Waals surface area (Å²) in [5.41, 5.74) is 2.22. The van der Waals surface area contributed by atoms with E-state index in [0.717, 1.165) is 16.0 Å². The lowest BCUT2D eigenvalue weighted by atomic mass is 10.1. The van der Waals surface area contributed by atoms with Crippen molar-refractivity contribution in [3.05, 3.63) is 126 Å². The van der Waals surface area contributed by atoms with Crippen molar-refractivity contribution in [3.63, 3.8) is 0 Å². The minimum atomic E-state index is -2.81. The van der Waals surface area contributed by atoms with Crippen LogP contribution in [-0.2, 0) is 15.2 Å². The average Bonchev–Trinajstić information content (AvgIpc) is 2.87. The summed E-state index contributed by atoms with van der Waals surface area (Å²) in [6.45, 7) is 8.88. The van der Waals surface area contributed by atoms with Gasteiger partial charge in [-0.25, -0.2) is 0 Å². The Bertz CT molecular complexity index is 1190. The summed E-state index contributed by atoms with van der Waals surface area (Å²) < 4.78 is 21.0. The Hall–Kier alpha value is -2.79. The van der Waals surface area contributed by atoms with Gasteiger partial charge in [-0.2, -0.15) is 0 Å². The van der Waals surface area contributed by atoms with Gasteiger partial charge >= 0.3 is 0 Å². The van der Waals surface area contributed by atoms with Gasteiger partial charge in [-0.3, -0.25) is 4.21 Å². The molecule has 4 aromatic carbocycles. The summed E-state index contributed by atoms with van der Waals surface area (Å²) in [4.78, 5) is 0.836. The van der Waals surface area contributed by atoms with Crippen LogP contribution in [0.15, 0.2) is 120 Å². The fourth-order valence-electron chi connectivity index (χ4n) is 4.69. The van der Waals surface area contributed by atoms with Crippen molar-refractivity contribution in [3.8, 4) is 0 Å². The lowest BCUT2D eigenvalue weighted by molar-refractivity contribution is 0.214. The second-order valence-corrected chi connectivity index (χ2v) is 15.8. The lowest BCUT2D eigenvalue weighted by Crippen LogP contribution is -2.67. The first-order chi connectivity index (χ1) is 16.8. The van der Waals surface area contributed by atoms with Gasteiger partial charge in [0.15, 0.2) is 0 Å². The molecule has 0 saturated carbocycles. The van der Waals surface area contributed by atoms with Crippen LogP contribution in [0, 0.1) is 6.92 Å². The average molecular weight is 499 g/mol. The predicted molar refractivity (Wildman–Crippen MR) is 150 cm³/mol. The quantitative estimate of drug-likeness (QED) is 0.262. The van der Waals surface area contributed by atoms with E-state index in [9.17, 15) is 4.21 Å². The molecule has 0 aliphatic heterocycles. The van der Waals surface area contributed by atoms with E-state index in [1.54, 1.807) is 0 Å². The molecule has 1 unspecified atom stereocenters. The van der Waals surface area contributed by atoms with Gasteiger partial charge in [0, 0.05) is 4.90 Å². The van der Waals surface area contributed by atoms with Crippen molar-refractivity contribution in [1.29, 1.82) is 0 Å². The highest BCUT2D eigenvalue weighted by Crippen LogP contribution is 2.40. The van der Waals surface area contributed by atoms with Crippen molar-refractivity contribution in [2.75, 3.05) is 5.75 Å². The van der Waals surface area contributed by atoms with Gasteiger partial charge in [0.2, 0.25) is 0 Å². The summed E-state index contributed by atoms with van der Waals surface area (Å²) in [5, 5.41) is 2.29. The minimum absolute atomic E-state index is 0.159. The van der Waals surface area contributed by atoms with Crippen LogP contribution in [0.5, 0.6) is 0 Å². The molecule has 0 aromatic heterocycles. The largest absolute Gasteiger partial charge is 0.400 e. The molecule has 0 saturated heterocycles. The monoisotopic (exact) mass is 498 g/mol. The van der Waals surface area contributed by atoms with Crippen LogP contribution in [0.1, 0.15) is 38.0 Å². The maximum Gasteiger partial charge on any atom is 0.261 e. The Labute approximate surface area is 213 Å². The van der Waals surface area contributed by atoms with E-state index in [4.69, 9.17) is 4.43 Å². The van der Waals surface area contributed by atoms with Crippen molar-refractivity contribution < 1.29 is 8.63 Å². The second-order valence-electron chi connectivity index (χ2n) is 10.0. The number of hydrogen-bond acceptors (Lipinski definition) is 2. The van der Waals surface area contributed by atoms with Crippen molar-refractivity contribution in [1.82, 2.24) is 0 Å². The van der Waals surface area contributed by atoms with Crippen LogP contribution >= 0.6 is 0 Å². The van der Waals surface area contributed by atoms with Gasteiger partial charge in [0.25, 0.3) is 8.32 Å². The maximum atomic E-state index is 13.6. The third-order valence-electron chi connectivity index (χ3n) is 6.49. The topological polar surface area (TPSA) is 26.3 Å². The zero-order chi connectivity index (χ0) is 24.9. The highest BCUT2D eigenvalue weighted by atomic mass is 32.2. The molecule has 0 fully saturated rings. The second kappa shape index (κ2) is 10.9. The molecule has 0 heterocycles. The van der Waals surface area contributed by atoms with E-state index in [0.29, 0.717) is 5.75 Å². The van der Waals surface area contributed by atoms with Crippen LogP contribution in [0.4, 0.5) is 0 Å². The molecule has 2 atom stereocenters. The van der Waals surface area contributed by atoms with Crippen LogP contribution in [0.3, 0.4) is 0 Å². The first kappa shape index (κ1) is 25.3.